The Morgan fingerprint density at radius 3 is 2.31 bits per heavy atom. The van der Waals surface area contributed by atoms with Crippen LogP contribution in [0.1, 0.15) is 36.0 Å². The molecule has 5 rings (SSSR count). The Labute approximate surface area is 172 Å². The van der Waals surface area contributed by atoms with Crippen molar-refractivity contribution >= 4 is 21.6 Å². The smallest absolute Gasteiger partial charge is 0.243 e. The molecule has 1 saturated heterocycles. The summed E-state index contributed by atoms with van der Waals surface area (Å²) in [4.78, 5) is 14.4. The summed E-state index contributed by atoms with van der Waals surface area (Å²) in [6.45, 7) is 1.84. The first-order valence-corrected chi connectivity index (χ1v) is 12.0. The van der Waals surface area contributed by atoms with Gasteiger partial charge in [0.2, 0.25) is 15.9 Å². The Bertz CT molecular complexity index is 1040. The van der Waals surface area contributed by atoms with E-state index in [0.29, 0.717) is 43.3 Å². The molecule has 0 atom stereocenters. The van der Waals surface area contributed by atoms with Crippen molar-refractivity contribution in [3.8, 4) is 0 Å². The van der Waals surface area contributed by atoms with Crippen LogP contribution in [-0.4, -0.2) is 38.3 Å². The van der Waals surface area contributed by atoms with Crippen molar-refractivity contribution in [2.45, 2.75) is 43.4 Å². The standard InChI is InChI=1S/C23H26N2O3S/c26-22-7-6-19-15-21(16-20-10-13-25(22)23(19)20)29(27,28)24-11-8-18(9-12-24)14-17-4-2-1-3-5-17/h1-5,15-16,18H,6-14H2. The molecular weight excluding hydrogens is 384 g/mol. The number of nitrogens with zero attached hydrogens (tertiary/aromatic N) is 2. The van der Waals surface area contributed by atoms with Gasteiger partial charge < -0.3 is 4.90 Å². The summed E-state index contributed by atoms with van der Waals surface area (Å²) in [5.74, 6) is 0.692. The van der Waals surface area contributed by atoms with Crippen molar-refractivity contribution in [1.29, 1.82) is 0 Å². The SMILES string of the molecule is O=C1CCc2cc(S(=O)(=O)N3CCC(Cc4ccccc4)CC3)cc3c2N1CC3. The van der Waals surface area contributed by atoms with Crippen LogP contribution in [0.25, 0.3) is 0 Å². The third-order valence-electron chi connectivity index (χ3n) is 6.60. The highest BCUT2D eigenvalue weighted by molar-refractivity contribution is 7.89. The molecule has 0 aliphatic carbocycles. The predicted octanol–water partition coefficient (Wildman–Crippen LogP) is 3.17. The first-order valence-electron chi connectivity index (χ1n) is 10.5. The Kier molecular flexibility index (Phi) is 4.71. The number of anilines is 1. The number of aryl methyl sites for hydroxylation is 1. The zero-order valence-corrected chi connectivity index (χ0v) is 17.3. The minimum Gasteiger partial charge on any atom is -0.312 e. The number of carbonyl (C=O) groups is 1. The zero-order valence-electron chi connectivity index (χ0n) is 16.5. The molecule has 0 saturated carbocycles. The van der Waals surface area contributed by atoms with Crippen molar-refractivity contribution < 1.29 is 13.2 Å². The van der Waals surface area contributed by atoms with E-state index in [1.54, 1.807) is 4.31 Å². The highest BCUT2D eigenvalue weighted by Gasteiger charge is 2.35. The Morgan fingerprint density at radius 1 is 0.897 bits per heavy atom. The van der Waals surface area contributed by atoms with Crippen LogP contribution in [0.15, 0.2) is 47.4 Å². The van der Waals surface area contributed by atoms with Crippen LogP contribution in [0, 0.1) is 5.92 Å². The predicted molar refractivity (Wildman–Crippen MR) is 112 cm³/mol. The Balaban J connectivity index is 1.33. The van der Waals surface area contributed by atoms with Gasteiger partial charge in [0.15, 0.2) is 0 Å². The molecule has 0 aromatic heterocycles. The first kappa shape index (κ1) is 18.8. The van der Waals surface area contributed by atoms with Gasteiger partial charge in [0.25, 0.3) is 0 Å². The summed E-state index contributed by atoms with van der Waals surface area (Å²) in [6.07, 6.45) is 4.67. The van der Waals surface area contributed by atoms with E-state index >= 15 is 0 Å². The van der Waals surface area contributed by atoms with Crippen molar-refractivity contribution in [3.05, 3.63) is 59.2 Å². The van der Waals surface area contributed by atoms with E-state index in [4.69, 9.17) is 0 Å². The third-order valence-corrected chi connectivity index (χ3v) is 8.48. The Hall–Kier alpha value is -2.18. The van der Waals surface area contributed by atoms with Crippen LogP contribution in [0.2, 0.25) is 0 Å². The summed E-state index contributed by atoms with van der Waals surface area (Å²) >= 11 is 0. The molecule has 29 heavy (non-hydrogen) atoms. The molecule has 2 aromatic carbocycles. The summed E-state index contributed by atoms with van der Waals surface area (Å²) < 4.78 is 28.3. The lowest BCUT2D eigenvalue weighted by Crippen LogP contribution is -2.39. The molecule has 2 aromatic rings. The molecule has 3 aliphatic rings. The number of piperidine rings is 1. The summed E-state index contributed by atoms with van der Waals surface area (Å²) in [6, 6.07) is 14.1. The first-order chi connectivity index (χ1) is 14.0. The summed E-state index contributed by atoms with van der Waals surface area (Å²) in [7, 11) is -3.49. The molecular formula is C23H26N2O3S. The van der Waals surface area contributed by atoms with Crippen LogP contribution >= 0.6 is 0 Å². The highest BCUT2D eigenvalue weighted by Crippen LogP contribution is 2.39. The fraction of sp³-hybridized carbons (Fsp3) is 0.435. The molecule has 0 bridgehead atoms. The Morgan fingerprint density at radius 2 is 1.59 bits per heavy atom. The van der Waals surface area contributed by atoms with E-state index in [9.17, 15) is 13.2 Å². The second-order valence-electron chi connectivity index (χ2n) is 8.42. The summed E-state index contributed by atoms with van der Waals surface area (Å²) in [5, 5.41) is 0. The minimum atomic E-state index is -3.49. The lowest BCUT2D eigenvalue weighted by molar-refractivity contribution is -0.118. The lowest BCUT2D eigenvalue weighted by atomic mass is 9.91. The number of carbonyl (C=O) groups excluding carboxylic acids is 1. The molecule has 0 N–H and O–H groups in total. The van der Waals surface area contributed by atoms with Crippen LogP contribution < -0.4 is 4.90 Å². The molecule has 1 fully saturated rings. The van der Waals surface area contributed by atoms with Gasteiger partial charge >= 0.3 is 0 Å². The number of hydrogen-bond acceptors (Lipinski definition) is 3. The fourth-order valence-corrected chi connectivity index (χ4v) is 6.60. The quantitative estimate of drug-likeness (QED) is 0.778. The monoisotopic (exact) mass is 410 g/mol. The maximum Gasteiger partial charge on any atom is 0.243 e. The maximum absolute atomic E-state index is 13.3. The van der Waals surface area contributed by atoms with Gasteiger partial charge in [-0.25, -0.2) is 8.42 Å². The molecule has 152 valence electrons. The summed E-state index contributed by atoms with van der Waals surface area (Å²) in [5.41, 5.74) is 4.32. The van der Waals surface area contributed by atoms with Crippen LogP contribution in [0.4, 0.5) is 5.69 Å². The average molecular weight is 411 g/mol. The van der Waals surface area contributed by atoms with Gasteiger partial charge in [-0.05, 0) is 66.8 Å². The number of hydrogen-bond donors (Lipinski definition) is 0. The van der Waals surface area contributed by atoms with E-state index in [2.05, 4.69) is 24.3 Å². The third kappa shape index (κ3) is 3.38. The van der Waals surface area contributed by atoms with Crippen molar-refractivity contribution in [3.63, 3.8) is 0 Å². The maximum atomic E-state index is 13.3. The van der Waals surface area contributed by atoms with Gasteiger partial charge in [0.05, 0.1) is 10.6 Å². The normalized spacial score (nSPS) is 20.1. The van der Waals surface area contributed by atoms with Crippen molar-refractivity contribution in [1.82, 2.24) is 4.31 Å². The largest absolute Gasteiger partial charge is 0.312 e. The van der Waals surface area contributed by atoms with Crippen molar-refractivity contribution in [2.75, 3.05) is 24.5 Å². The van der Waals surface area contributed by atoms with E-state index in [1.165, 1.54) is 5.56 Å². The molecule has 3 aliphatic heterocycles. The van der Waals surface area contributed by atoms with Crippen LogP contribution in [0.5, 0.6) is 0 Å². The topological polar surface area (TPSA) is 57.7 Å². The van der Waals surface area contributed by atoms with Gasteiger partial charge in [-0.2, -0.15) is 4.31 Å². The average Bonchev–Trinajstić information content (AvgIpc) is 3.17. The number of rotatable bonds is 4. The molecule has 3 heterocycles. The molecule has 0 radical (unpaired) electrons. The van der Waals surface area contributed by atoms with E-state index in [1.807, 2.05) is 23.1 Å². The molecule has 0 unspecified atom stereocenters. The van der Waals surface area contributed by atoms with Crippen molar-refractivity contribution in [2.24, 2.45) is 5.92 Å². The van der Waals surface area contributed by atoms with Gasteiger partial charge in [0.1, 0.15) is 0 Å². The second kappa shape index (κ2) is 7.26. The zero-order chi connectivity index (χ0) is 20.0. The molecule has 0 spiro atoms. The number of amides is 1. The van der Waals surface area contributed by atoms with Gasteiger partial charge in [-0.1, -0.05) is 30.3 Å². The van der Waals surface area contributed by atoms with E-state index < -0.39 is 10.0 Å². The molecule has 5 nitrogen and oxygen atoms in total. The molecule has 1 amide bonds. The van der Waals surface area contributed by atoms with Gasteiger partial charge in [0, 0.05) is 26.1 Å². The van der Waals surface area contributed by atoms with Crippen LogP contribution in [-0.2, 0) is 34.1 Å². The highest BCUT2D eigenvalue weighted by atomic mass is 32.2. The fourth-order valence-electron chi connectivity index (χ4n) is 5.03. The molecule has 6 heteroatoms. The van der Waals surface area contributed by atoms with Gasteiger partial charge in [-0.15, -0.1) is 0 Å². The number of benzene rings is 2. The van der Waals surface area contributed by atoms with E-state index in [-0.39, 0.29) is 5.91 Å². The van der Waals surface area contributed by atoms with Crippen LogP contribution in [0.3, 0.4) is 0 Å². The second-order valence-corrected chi connectivity index (χ2v) is 10.4. The lowest BCUT2D eigenvalue weighted by Gasteiger charge is -2.32. The van der Waals surface area contributed by atoms with E-state index in [0.717, 1.165) is 42.5 Å². The van der Waals surface area contributed by atoms with Gasteiger partial charge in [-0.3, -0.25) is 4.79 Å². The minimum absolute atomic E-state index is 0.160. The number of sulfonamides is 1.